The van der Waals surface area contributed by atoms with Crippen molar-refractivity contribution in [3.05, 3.63) is 52.8 Å². The lowest BCUT2D eigenvalue weighted by atomic mass is 9.93. The molecule has 2 N–H and O–H groups in total. The van der Waals surface area contributed by atoms with Crippen molar-refractivity contribution in [1.82, 2.24) is 9.78 Å². The van der Waals surface area contributed by atoms with E-state index < -0.39 is 0 Å². The molecule has 100 valence electrons. The second kappa shape index (κ2) is 4.82. The van der Waals surface area contributed by atoms with Gasteiger partial charge in [-0.15, -0.1) is 0 Å². The van der Waals surface area contributed by atoms with Crippen LogP contribution in [0.2, 0.25) is 0 Å². The molecule has 1 unspecified atom stereocenters. The van der Waals surface area contributed by atoms with Crippen LogP contribution in [-0.4, -0.2) is 15.8 Å². The second-order valence-corrected chi connectivity index (χ2v) is 5.71. The Hall–Kier alpha value is -1.61. The highest BCUT2D eigenvalue weighted by Gasteiger charge is 2.26. The van der Waals surface area contributed by atoms with Crippen LogP contribution >= 0.6 is 0 Å². The third-order valence-corrected chi connectivity index (χ3v) is 4.23. The lowest BCUT2D eigenvalue weighted by Gasteiger charge is -2.18. The monoisotopic (exact) mass is 255 g/mol. The summed E-state index contributed by atoms with van der Waals surface area (Å²) >= 11 is 0. The predicted molar refractivity (Wildman–Crippen MR) is 77.0 cm³/mol. The number of nitrogens with zero attached hydrogens (tertiary/aromatic N) is 2. The molecule has 1 aliphatic rings. The predicted octanol–water partition coefficient (Wildman–Crippen LogP) is 2.01. The summed E-state index contributed by atoms with van der Waals surface area (Å²) in [5.41, 5.74) is 11.7. The maximum absolute atomic E-state index is 6.43. The molecule has 3 heteroatoms. The van der Waals surface area contributed by atoms with Crippen molar-refractivity contribution >= 4 is 0 Å². The first-order valence-electron chi connectivity index (χ1n) is 6.95. The topological polar surface area (TPSA) is 43.8 Å². The van der Waals surface area contributed by atoms with Crippen LogP contribution in [0.15, 0.2) is 30.3 Å². The number of benzene rings is 1. The number of rotatable bonds is 3. The number of fused-ring (bicyclic) bond motifs is 1. The number of aryl methyl sites for hydroxylation is 2. The van der Waals surface area contributed by atoms with Gasteiger partial charge in [-0.2, -0.15) is 5.10 Å². The highest BCUT2D eigenvalue weighted by atomic mass is 15.3. The molecular formula is C16H21N3. The molecule has 0 amide bonds. The van der Waals surface area contributed by atoms with Crippen molar-refractivity contribution in [3.8, 4) is 0 Å². The van der Waals surface area contributed by atoms with E-state index in [1.54, 1.807) is 0 Å². The number of hydrogen-bond donors (Lipinski definition) is 1. The number of aromatic nitrogens is 2. The average Bonchev–Trinajstić information content (AvgIpc) is 2.93. The smallest absolute Gasteiger partial charge is 0.0596 e. The molecule has 0 saturated heterocycles. The van der Waals surface area contributed by atoms with Gasteiger partial charge in [0.25, 0.3) is 0 Å². The van der Waals surface area contributed by atoms with Gasteiger partial charge in [-0.25, -0.2) is 0 Å². The molecule has 0 aliphatic heterocycles. The molecule has 0 bridgehead atoms. The maximum Gasteiger partial charge on any atom is 0.0596 e. The van der Waals surface area contributed by atoms with Crippen molar-refractivity contribution in [2.45, 2.75) is 32.2 Å². The van der Waals surface area contributed by atoms with E-state index >= 15 is 0 Å². The fourth-order valence-corrected chi connectivity index (χ4v) is 3.16. The highest BCUT2D eigenvalue weighted by Crippen LogP contribution is 2.29. The normalized spacial score (nSPS) is 16.6. The molecule has 1 aliphatic carbocycles. The first-order valence-corrected chi connectivity index (χ1v) is 6.95. The summed E-state index contributed by atoms with van der Waals surface area (Å²) in [6.45, 7) is 2.03. The van der Waals surface area contributed by atoms with Gasteiger partial charge in [0, 0.05) is 25.2 Å². The summed E-state index contributed by atoms with van der Waals surface area (Å²) in [6, 6.07) is 11.1. The second-order valence-electron chi connectivity index (χ2n) is 5.71. The van der Waals surface area contributed by atoms with Crippen molar-refractivity contribution in [3.63, 3.8) is 0 Å². The Balaban J connectivity index is 1.70. The Morgan fingerprint density at radius 1 is 1.32 bits per heavy atom. The molecule has 0 radical (unpaired) electrons. The fraction of sp³-hybridized carbons (Fsp3) is 0.438. The standard InChI is InChI=1S/C16H21N3/c1-11-7-15(19(2)18-11)10-16(17)14-8-12-5-3-4-6-13(12)9-14/h3-7,14,16H,8-10,17H2,1-2H3. The zero-order valence-corrected chi connectivity index (χ0v) is 11.6. The van der Waals surface area contributed by atoms with Gasteiger partial charge in [0.1, 0.15) is 0 Å². The third-order valence-electron chi connectivity index (χ3n) is 4.23. The third kappa shape index (κ3) is 2.43. The molecule has 2 aromatic rings. The van der Waals surface area contributed by atoms with Gasteiger partial charge in [-0.1, -0.05) is 24.3 Å². The number of hydrogen-bond acceptors (Lipinski definition) is 2. The van der Waals surface area contributed by atoms with E-state index in [1.807, 2.05) is 18.7 Å². The summed E-state index contributed by atoms with van der Waals surface area (Å²) in [7, 11) is 2.00. The quantitative estimate of drug-likeness (QED) is 0.912. The largest absolute Gasteiger partial charge is 0.327 e. The fourth-order valence-electron chi connectivity index (χ4n) is 3.16. The van der Waals surface area contributed by atoms with E-state index in [0.29, 0.717) is 5.92 Å². The molecule has 3 rings (SSSR count). The van der Waals surface area contributed by atoms with Gasteiger partial charge in [0.05, 0.1) is 5.69 Å². The maximum atomic E-state index is 6.43. The zero-order valence-electron chi connectivity index (χ0n) is 11.6. The van der Waals surface area contributed by atoms with Gasteiger partial charge in [0.2, 0.25) is 0 Å². The zero-order chi connectivity index (χ0) is 13.4. The first-order chi connectivity index (χ1) is 9.13. The molecule has 0 fully saturated rings. The summed E-state index contributed by atoms with van der Waals surface area (Å²) in [5.74, 6) is 0.563. The van der Waals surface area contributed by atoms with Crippen LogP contribution < -0.4 is 5.73 Å². The highest BCUT2D eigenvalue weighted by molar-refractivity contribution is 5.32. The summed E-state index contributed by atoms with van der Waals surface area (Å²) in [6.07, 6.45) is 3.15. The summed E-state index contributed by atoms with van der Waals surface area (Å²) in [4.78, 5) is 0. The van der Waals surface area contributed by atoms with Crippen molar-refractivity contribution in [2.75, 3.05) is 0 Å². The van der Waals surface area contributed by atoms with Gasteiger partial charge in [-0.3, -0.25) is 4.68 Å². The summed E-state index contributed by atoms with van der Waals surface area (Å²) in [5, 5.41) is 4.39. The van der Waals surface area contributed by atoms with Crippen LogP contribution in [0.3, 0.4) is 0 Å². The van der Waals surface area contributed by atoms with Gasteiger partial charge < -0.3 is 5.73 Å². The Morgan fingerprint density at radius 3 is 2.47 bits per heavy atom. The van der Waals surface area contributed by atoms with Crippen molar-refractivity contribution < 1.29 is 0 Å². The molecule has 3 nitrogen and oxygen atoms in total. The van der Waals surface area contributed by atoms with E-state index in [1.165, 1.54) is 16.8 Å². The van der Waals surface area contributed by atoms with Crippen LogP contribution in [0.25, 0.3) is 0 Å². The van der Waals surface area contributed by atoms with Gasteiger partial charge >= 0.3 is 0 Å². The van der Waals surface area contributed by atoms with Crippen LogP contribution in [0.1, 0.15) is 22.5 Å². The van der Waals surface area contributed by atoms with E-state index in [0.717, 1.165) is 25.0 Å². The van der Waals surface area contributed by atoms with Crippen LogP contribution in [0, 0.1) is 12.8 Å². The SMILES string of the molecule is Cc1cc(CC(N)C2Cc3ccccc3C2)n(C)n1. The number of nitrogens with two attached hydrogens (primary N) is 1. The molecule has 1 aromatic heterocycles. The van der Waals surface area contributed by atoms with Crippen LogP contribution in [0.4, 0.5) is 0 Å². The molecule has 19 heavy (non-hydrogen) atoms. The van der Waals surface area contributed by atoms with E-state index in [9.17, 15) is 0 Å². The summed E-state index contributed by atoms with van der Waals surface area (Å²) < 4.78 is 1.96. The van der Waals surface area contributed by atoms with Crippen molar-refractivity contribution in [2.24, 2.45) is 18.7 Å². The van der Waals surface area contributed by atoms with E-state index in [-0.39, 0.29) is 6.04 Å². The van der Waals surface area contributed by atoms with Crippen molar-refractivity contribution in [1.29, 1.82) is 0 Å². The Bertz CT molecular complexity index is 560. The van der Waals surface area contributed by atoms with Gasteiger partial charge in [-0.05, 0) is 42.9 Å². The first kappa shape index (κ1) is 12.4. The molecule has 0 spiro atoms. The van der Waals surface area contributed by atoms with E-state index in [4.69, 9.17) is 5.73 Å². The lowest BCUT2D eigenvalue weighted by molar-refractivity contribution is 0.428. The van der Waals surface area contributed by atoms with Crippen LogP contribution in [0.5, 0.6) is 0 Å². The minimum absolute atomic E-state index is 0.210. The van der Waals surface area contributed by atoms with Gasteiger partial charge in [0.15, 0.2) is 0 Å². The van der Waals surface area contributed by atoms with E-state index in [2.05, 4.69) is 35.4 Å². The Labute approximate surface area is 114 Å². The average molecular weight is 255 g/mol. The Kier molecular flexibility index (Phi) is 3.15. The molecule has 1 heterocycles. The minimum atomic E-state index is 0.210. The minimum Gasteiger partial charge on any atom is -0.327 e. The molecule has 0 saturated carbocycles. The molecule has 1 atom stereocenters. The van der Waals surface area contributed by atoms with Crippen LogP contribution in [-0.2, 0) is 26.3 Å². The lowest BCUT2D eigenvalue weighted by Crippen LogP contribution is -2.33. The molecule has 1 aromatic carbocycles. The Morgan fingerprint density at radius 2 is 1.95 bits per heavy atom. The molecular weight excluding hydrogens is 234 g/mol.